The molecule has 0 saturated heterocycles. The molecule has 0 atom stereocenters. The molecule has 0 fully saturated rings. The van der Waals surface area contributed by atoms with Gasteiger partial charge in [-0.2, -0.15) is 10.1 Å². The Morgan fingerprint density at radius 3 is 2.48 bits per heavy atom. The third-order valence-corrected chi connectivity index (χ3v) is 5.63. The Morgan fingerprint density at radius 2 is 1.86 bits per heavy atom. The van der Waals surface area contributed by atoms with Crippen molar-refractivity contribution in [3.05, 3.63) is 43.9 Å². The monoisotopic (exact) mass is 416 g/mol. The molecule has 9 nitrogen and oxygen atoms in total. The lowest BCUT2D eigenvalue weighted by atomic mass is 9.97. The van der Waals surface area contributed by atoms with E-state index in [4.69, 9.17) is 4.52 Å². The van der Waals surface area contributed by atoms with Crippen molar-refractivity contribution in [2.24, 2.45) is 7.05 Å². The Kier molecular flexibility index (Phi) is 5.40. The van der Waals surface area contributed by atoms with Crippen LogP contribution in [0.25, 0.3) is 10.6 Å². The van der Waals surface area contributed by atoms with Crippen LogP contribution in [0.3, 0.4) is 0 Å². The van der Waals surface area contributed by atoms with E-state index in [0.29, 0.717) is 32.9 Å². The Morgan fingerprint density at radius 1 is 1.17 bits per heavy atom. The van der Waals surface area contributed by atoms with Gasteiger partial charge in [-0.15, -0.1) is 11.3 Å². The number of hydrogen-bond acceptors (Lipinski definition) is 8. The summed E-state index contributed by atoms with van der Waals surface area (Å²) >= 11 is 1.18. The van der Waals surface area contributed by atoms with Crippen LogP contribution < -0.4 is 10.9 Å². The Hall–Kier alpha value is -2.88. The summed E-state index contributed by atoms with van der Waals surface area (Å²) in [5.74, 6) is 0.617. The molecule has 154 valence electrons. The van der Waals surface area contributed by atoms with Gasteiger partial charge < -0.3 is 9.84 Å². The van der Waals surface area contributed by atoms with Crippen molar-refractivity contribution in [3.63, 3.8) is 0 Å². The third-order valence-electron chi connectivity index (χ3n) is 4.46. The molecular weight excluding hydrogens is 392 g/mol. The molecule has 0 radical (unpaired) electrons. The van der Waals surface area contributed by atoms with Crippen LogP contribution in [-0.4, -0.2) is 30.8 Å². The maximum Gasteiger partial charge on any atom is 0.277 e. The Labute approximate surface area is 172 Å². The number of amides is 1. The van der Waals surface area contributed by atoms with E-state index in [1.54, 1.807) is 14.0 Å². The highest BCUT2D eigenvalue weighted by Crippen LogP contribution is 2.28. The summed E-state index contributed by atoms with van der Waals surface area (Å²) < 4.78 is 6.53. The van der Waals surface area contributed by atoms with Gasteiger partial charge in [-0.3, -0.25) is 9.59 Å². The first-order valence-electron chi connectivity index (χ1n) is 9.12. The molecule has 0 unspecified atom stereocenters. The summed E-state index contributed by atoms with van der Waals surface area (Å²) in [7, 11) is 1.60. The average Bonchev–Trinajstić information content (AvgIpc) is 3.25. The largest absolute Gasteiger partial charge is 0.344 e. The highest BCUT2D eigenvalue weighted by atomic mass is 32.1. The smallest absolute Gasteiger partial charge is 0.277 e. The van der Waals surface area contributed by atoms with Gasteiger partial charge in [-0.05, 0) is 26.3 Å². The van der Waals surface area contributed by atoms with Crippen molar-refractivity contribution in [2.45, 2.75) is 53.5 Å². The minimum Gasteiger partial charge on any atom is -0.344 e. The minimum atomic E-state index is -0.298. The predicted molar refractivity (Wildman–Crippen MR) is 109 cm³/mol. The summed E-state index contributed by atoms with van der Waals surface area (Å²) in [5.41, 5.74) is 2.03. The lowest BCUT2D eigenvalue weighted by Gasteiger charge is -2.10. The standard InChI is InChI=1S/C19H24N6O3S/c1-9-10(2)23-25(7)17(27)13(9)16-21-11(3)14(29-16)15(26)20-8-12-22-18(28-24-12)19(4,5)6/h8H2,1-7H3,(H,20,26). The summed E-state index contributed by atoms with van der Waals surface area (Å²) in [5, 5.41) is 11.4. The zero-order valence-corrected chi connectivity index (χ0v) is 18.4. The molecular formula is C19H24N6O3S. The first kappa shape index (κ1) is 20.8. The van der Waals surface area contributed by atoms with Gasteiger partial charge in [-0.1, -0.05) is 25.9 Å². The molecule has 3 aromatic rings. The van der Waals surface area contributed by atoms with Gasteiger partial charge in [0.25, 0.3) is 11.5 Å². The fourth-order valence-electron chi connectivity index (χ4n) is 2.68. The minimum absolute atomic E-state index is 0.139. The van der Waals surface area contributed by atoms with Gasteiger partial charge in [0.15, 0.2) is 5.82 Å². The second-order valence-corrected chi connectivity index (χ2v) is 8.90. The second kappa shape index (κ2) is 7.51. The molecule has 0 bridgehead atoms. The number of aryl methyl sites for hydroxylation is 3. The SMILES string of the molecule is Cc1nc(-c2c(C)c(C)nn(C)c2=O)sc1C(=O)NCc1noc(C(C)(C)C)n1. The predicted octanol–water partition coefficient (Wildman–Crippen LogP) is 2.44. The number of thiazole rings is 1. The molecule has 0 aromatic carbocycles. The van der Waals surface area contributed by atoms with Gasteiger partial charge in [0.2, 0.25) is 5.89 Å². The maximum atomic E-state index is 12.7. The van der Waals surface area contributed by atoms with E-state index in [1.165, 1.54) is 16.0 Å². The molecule has 1 amide bonds. The van der Waals surface area contributed by atoms with Gasteiger partial charge in [0.05, 0.1) is 23.5 Å². The molecule has 0 spiro atoms. The van der Waals surface area contributed by atoms with Gasteiger partial charge in [0.1, 0.15) is 9.88 Å². The van der Waals surface area contributed by atoms with Crippen molar-refractivity contribution < 1.29 is 9.32 Å². The number of nitrogens with zero attached hydrogens (tertiary/aromatic N) is 5. The van der Waals surface area contributed by atoms with Crippen LogP contribution in [0.1, 0.15) is 59.1 Å². The van der Waals surface area contributed by atoms with Crippen molar-refractivity contribution in [3.8, 4) is 10.6 Å². The van der Waals surface area contributed by atoms with E-state index in [2.05, 4.69) is 25.5 Å². The van der Waals surface area contributed by atoms with E-state index in [9.17, 15) is 9.59 Å². The highest BCUT2D eigenvalue weighted by molar-refractivity contribution is 7.17. The zero-order chi connectivity index (χ0) is 21.5. The fourth-order valence-corrected chi connectivity index (χ4v) is 3.76. The molecule has 29 heavy (non-hydrogen) atoms. The Bertz CT molecular complexity index is 1140. The average molecular weight is 417 g/mol. The summed E-state index contributed by atoms with van der Waals surface area (Å²) in [6.45, 7) is 11.5. The quantitative estimate of drug-likeness (QED) is 0.694. The van der Waals surface area contributed by atoms with Crippen LogP contribution in [0, 0.1) is 20.8 Å². The van der Waals surface area contributed by atoms with E-state index in [1.807, 2.05) is 34.6 Å². The summed E-state index contributed by atoms with van der Waals surface area (Å²) in [6.07, 6.45) is 0. The first-order chi connectivity index (χ1) is 13.5. The highest BCUT2D eigenvalue weighted by Gasteiger charge is 2.23. The Balaban J connectivity index is 1.83. The molecule has 0 aliphatic heterocycles. The van der Waals surface area contributed by atoms with Crippen molar-refractivity contribution in [1.29, 1.82) is 0 Å². The lowest BCUT2D eigenvalue weighted by Crippen LogP contribution is -2.23. The van der Waals surface area contributed by atoms with E-state index >= 15 is 0 Å². The van der Waals surface area contributed by atoms with Crippen LogP contribution in [-0.2, 0) is 19.0 Å². The van der Waals surface area contributed by atoms with Crippen molar-refractivity contribution >= 4 is 17.2 Å². The number of aromatic nitrogens is 5. The van der Waals surface area contributed by atoms with Gasteiger partial charge >= 0.3 is 0 Å². The fraction of sp³-hybridized carbons (Fsp3) is 0.474. The van der Waals surface area contributed by atoms with E-state index in [0.717, 1.165) is 11.3 Å². The lowest BCUT2D eigenvalue weighted by molar-refractivity contribution is 0.0953. The van der Waals surface area contributed by atoms with Crippen LogP contribution in [0.15, 0.2) is 9.32 Å². The van der Waals surface area contributed by atoms with E-state index < -0.39 is 0 Å². The summed E-state index contributed by atoms with van der Waals surface area (Å²) in [6, 6.07) is 0. The summed E-state index contributed by atoms with van der Waals surface area (Å²) in [4.78, 5) is 34.4. The van der Waals surface area contributed by atoms with E-state index in [-0.39, 0.29) is 23.4 Å². The molecule has 3 heterocycles. The maximum absolute atomic E-state index is 12.7. The first-order valence-corrected chi connectivity index (χ1v) is 9.94. The van der Waals surface area contributed by atoms with Crippen molar-refractivity contribution in [1.82, 2.24) is 30.2 Å². The van der Waals surface area contributed by atoms with Gasteiger partial charge in [0, 0.05) is 12.5 Å². The number of nitrogens with one attached hydrogen (secondary N) is 1. The number of hydrogen-bond donors (Lipinski definition) is 1. The number of carbonyl (C=O) groups is 1. The van der Waals surface area contributed by atoms with Crippen LogP contribution >= 0.6 is 11.3 Å². The molecule has 0 saturated carbocycles. The van der Waals surface area contributed by atoms with Crippen LogP contribution in [0.2, 0.25) is 0 Å². The van der Waals surface area contributed by atoms with Gasteiger partial charge in [-0.25, -0.2) is 9.67 Å². The van der Waals surface area contributed by atoms with Crippen molar-refractivity contribution in [2.75, 3.05) is 0 Å². The van der Waals surface area contributed by atoms with Crippen LogP contribution in [0.5, 0.6) is 0 Å². The van der Waals surface area contributed by atoms with Crippen LogP contribution in [0.4, 0.5) is 0 Å². The topological polar surface area (TPSA) is 116 Å². The molecule has 3 aromatic heterocycles. The zero-order valence-electron chi connectivity index (χ0n) is 17.6. The number of rotatable bonds is 4. The molecule has 0 aliphatic rings. The normalized spacial score (nSPS) is 11.7. The number of carbonyl (C=O) groups excluding carboxylic acids is 1. The third kappa shape index (κ3) is 4.12. The second-order valence-electron chi connectivity index (χ2n) is 7.90. The molecule has 0 aliphatic carbocycles. The molecule has 10 heteroatoms. The molecule has 3 rings (SSSR count). The molecule has 1 N–H and O–H groups in total.